The van der Waals surface area contributed by atoms with E-state index in [1.54, 1.807) is 0 Å². The Morgan fingerprint density at radius 1 is 1.28 bits per heavy atom. The summed E-state index contributed by atoms with van der Waals surface area (Å²) in [6.45, 7) is 2.26. The number of rotatable bonds is 3. The minimum absolute atomic E-state index is 0.356. The maximum atomic E-state index is 9.57. The van der Waals surface area contributed by atoms with Crippen LogP contribution in [0.1, 0.15) is 45.4 Å². The number of anilines is 1. The molecule has 0 radical (unpaired) electrons. The zero-order valence-corrected chi connectivity index (χ0v) is 11.2. The first-order valence-corrected chi connectivity index (χ1v) is 7.02. The fraction of sp³-hybridized carbons (Fsp3) is 0.562. The van der Waals surface area contributed by atoms with Crippen LogP contribution in [0.25, 0.3) is 0 Å². The van der Waals surface area contributed by atoms with Gasteiger partial charge in [-0.05, 0) is 43.7 Å². The Hall–Kier alpha value is -1.49. The van der Waals surface area contributed by atoms with Gasteiger partial charge >= 0.3 is 0 Å². The van der Waals surface area contributed by atoms with Gasteiger partial charge in [0.15, 0.2) is 0 Å². The summed E-state index contributed by atoms with van der Waals surface area (Å²) in [5.41, 5.74) is 0.708. The highest BCUT2D eigenvalue weighted by Gasteiger charge is 2.32. The quantitative estimate of drug-likeness (QED) is 0.800. The number of nitrogens with zero attached hydrogens (tertiary/aromatic N) is 1. The van der Waals surface area contributed by atoms with Crippen molar-refractivity contribution in [3.05, 3.63) is 30.3 Å². The number of nitrogens with one attached hydrogen (secondary N) is 1. The summed E-state index contributed by atoms with van der Waals surface area (Å²) < 4.78 is 0. The second-order valence-corrected chi connectivity index (χ2v) is 5.39. The number of hydrogen-bond acceptors (Lipinski definition) is 2. The third-order valence-electron chi connectivity index (χ3n) is 4.14. The standard InChI is InChI=1S/C16H22N2/c1-2-14-7-6-11-16(13-17,12-10-14)18-15-8-4-3-5-9-15/h3-5,8-9,14,18H,2,6-7,10-12H2,1H3. The third kappa shape index (κ3) is 3.04. The Kier molecular flexibility index (Phi) is 4.25. The summed E-state index contributed by atoms with van der Waals surface area (Å²) >= 11 is 0. The Morgan fingerprint density at radius 2 is 2.06 bits per heavy atom. The molecular weight excluding hydrogens is 220 g/mol. The molecule has 0 aliphatic heterocycles. The lowest BCUT2D eigenvalue weighted by Gasteiger charge is -2.27. The summed E-state index contributed by atoms with van der Waals surface area (Å²) in [5, 5.41) is 13.0. The van der Waals surface area contributed by atoms with Crippen molar-refractivity contribution < 1.29 is 0 Å². The van der Waals surface area contributed by atoms with Gasteiger partial charge in [-0.15, -0.1) is 0 Å². The largest absolute Gasteiger partial charge is 0.367 e. The lowest BCUT2D eigenvalue weighted by atomic mass is 9.90. The highest BCUT2D eigenvalue weighted by Crippen LogP contribution is 2.33. The van der Waals surface area contributed by atoms with E-state index in [0.717, 1.165) is 30.9 Å². The smallest absolute Gasteiger partial charge is 0.125 e. The molecule has 0 spiro atoms. The minimum atomic E-state index is -0.356. The van der Waals surface area contributed by atoms with Crippen LogP contribution in [0.15, 0.2) is 30.3 Å². The average Bonchev–Trinajstić information content (AvgIpc) is 2.63. The molecule has 2 rings (SSSR count). The zero-order valence-electron chi connectivity index (χ0n) is 11.2. The summed E-state index contributed by atoms with van der Waals surface area (Å²) in [6.07, 6.45) is 6.78. The van der Waals surface area contributed by atoms with E-state index in [1.165, 1.54) is 19.3 Å². The summed E-state index contributed by atoms with van der Waals surface area (Å²) in [6, 6.07) is 12.7. The van der Waals surface area contributed by atoms with Crippen molar-refractivity contribution in [1.29, 1.82) is 5.26 Å². The first kappa shape index (κ1) is 13.0. The number of para-hydroxylation sites is 1. The highest BCUT2D eigenvalue weighted by molar-refractivity contribution is 5.47. The molecule has 0 amide bonds. The average molecular weight is 242 g/mol. The van der Waals surface area contributed by atoms with Gasteiger partial charge in [0.1, 0.15) is 5.54 Å². The first-order valence-electron chi connectivity index (χ1n) is 7.02. The van der Waals surface area contributed by atoms with Gasteiger partial charge < -0.3 is 5.32 Å². The third-order valence-corrected chi connectivity index (χ3v) is 4.14. The summed E-state index contributed by atoms with van der Waals surface area (Å²) in [5.74, 6) is 0.804. The fourth-order valence-electron chi connectivity index (χ4n) is 2.88. The van der Waals surface area contributed by atoms with Gasteiger partial charge in [-0.1, -0.05) is 38.0 Å². The monoisotopic (exact) mass is 242 g/mol. The highest BCUT2D eigenvalue weighted by atomic mass is 15.0. The van der Waals surface area contributed by atoms with Gasteiger partial charge in [-0.25, -0.2) is 0 Å². The molecule has 2 unspecified atom stereocenters. The Balaban J connectivity index is 2.09. The van der Waals surface area contributed by atoms with E-state index in [2.05, 4.69) is 18.3 Å². The van der Waals surface area contributed by atoms with Crippen LogP contribution >= 0.6 is 0 Å². The molecule has 1 aromatic rings. The van der Waals surface area contributed by atoms with Crippen LogP contribution in [0, 0.1) is 17.2 Å². The van der Waals surface area contributed by atoms with Crippen molar-refractivity contribution in [3.8, 4) is 6.07 Å². The summed E-state index contributed by atoms with van der Waals surface area (Å²) in [7, 11) is 0. The van der Waals surface area contributed by atoms with E-state index in [9.17, 15) is 5.26 Å². The summed E-state index contributed by atoms with van der Waals surface area (Å²) in [4.78, 5) is 0. The molecule has 0 bridgehead atoms. The minimum Gasteiger partial charge on any atom is -0.367 e. The SMILES string of the molecule is CCC1CCCC(C#N)(Nc2ccccc2)CC1. The van der Waals surface area contributed by atoms with E-state index < -0.39 is 0 Å². The van der Waals surface area contributed by atoms with Gasteiger partial charge in [0.2, 0.25) is 0 Å². The molecule has 2 nitrogen and oxygen atoms in total. The van der Waals surface area contributed by atoms with E-state index in [0.29, 0.717) is 0 Å². The molecule has 1 aliphatic carbocycles. The first-order chi connectivity index (χ1) is 8.78. The molecule has 18 heavy (non-hydrogen) atoms. The van der Waals surface area contributed by atoms with E-state index in [4.69, 9.17) is 0 Å². The molecule has 1 N–H and O–H groups in total. The van der Waals surface area contributed by atoms with Crippen molar-refractivity contribution in [3.63, 3.8) is 0 Å². The van der Waals surface area contributed by atoms with Crippen LogP contribution in [-0.2, 0) is 0 Å². The molecule has 1 aliphatic rings. The molecule has 2 heteroatoms. The number of nitriles is 1. The van der Waals surface area contributed by atoms with Crippen molar-refractivity contribution in [2.45, 2.75) is 51.0 Å². The lowest BCUT2D eigenvalue weighted by molar-refractivity contribution is 0.436. The molecule has 1 aromatic carbocycles. The second-order valence-electron chi connectivity index (χ2n) is 5.39. The van der Waals surface area contributed by atoms with Crippen molar-refractivity contribution in [2.75, 3.05) is 5.32 Å². The van der Waals surface area contributed by atoms with Crippen LogP contribution in [0.5, 0.6) is 0 Å². The predicted molar refractivity (Wildman–Crippen MR) is 75.3 cm³/mol. The zero-order chi connectivity index (χ0) is 12.8. The lowest BCUT2D eigenvalue weighted by Crippen LogP contribution is -2.36. The van der Waals surface area contributed by atoms with Gasteiger partial charge in [0.05, 0.1) is 6.07 Å². The van der Waals surface area contributed by atoms with Crippen LogP contribution in [0.2, 0.25) is 0 Å². The van der Waals surface area contributed by atoms with Gasteiger partial charge in [0, 0.05) is 5.69 Å². The maximum Gasteiger partial charge on any atom is 0.125 e. The van der Waals surface area contributed by atoms with Crippen LogP contribution < -0.4 is 5.32 Å². The van der Waals surface area contributed by atoms with E-state index in [1.807, 2.05) is 30.3 Å². The molecule has 96 valence electrons. The molecule has 2 atom stereocenters. The van der Waals surface area contributed by atoms with E-state index in [-0.39, 0.29) is 5.54 Å². The molecule has 1 fully saturated rings. The second kappa shape index (κ2) is 5.91. The molecule has 0 heterocycles. The predicted octanol–water partition coefficient (Wildman–Crippen LogP) is 4.35. The Bertz CT molecular complexity index is 407. The van der Waals surface area contributed by atoms with Crippen molar-refractivity contribution >= 4 is 5.69 Å². The topological polar surface area (TPSA) is 35.8 Å². The van der Waals surface area contributed by atoms with E-state index >= 15 is 0 Å². The molecule has 0 aromatic heterocycles. The van der Waals surface area contributed by atoms with Crippen LogP contribution in [-0.4, -0.2) is 5.54 Å². The van der Waals surface area contributed by atoms with Gasteiger partial charge in [-0.3, -0.25) is 0 Å². The fourth-order valence-corrected chi connectivity index (χ4v) is 2.88. The molecular formula is C16H22N2. The van der Waals surface area contributed by atoms with Crippen molar-refractivity contribution in [2.24, 2.45) is 5.92 Å². The number of hydrogen-bond donors (Lipinski definition) is 1. The Labute approximate surface area is 110 Å². The normalized spacial score (nSPS) is 28.1. The molecule has 1 saturated carbocycles. The van der Waals surface area contributed by atoms with Crippen LogP contribution in [0.4, 0.5) is 5.69 Å². The Morgan fingerprint density at radius 3 is 2.72 bits per heavy atom. The van der Waals surface area contributed by atoms with Gasteiger partial charge in [0.25, 0.3) is 0 Å². The van der Waals surface area contributed by atoms with Crippen molar-refractivity contribution in [1.82, 2.24) is 0 Å². The molecule has 0 saturated heterocycles. The maximum absolute atomic E-state index is 9.57. The number of benzene rings is 1. The van der Waals surface area contributed by atoms with Crippen LogP contribution in [0.3, 0.4) is 0 Å². The van der Waals surface area contributed by atoms with Gasteiger partial charge in [-0.2, -0.15) is 5.26 Å².